The number of amides is 1. The fraction of sp³-hybridized carbons (Fsp3) is 0.0526. The lowest BCUT2D eigenvalue weighted by Crippen LogP contribution is -2.35. The van der Waals surface area contributed by atoms with Crippen molar-refractivity contribution in [2.24, 2.45) is 4.40 Å². The number of carbonyl (C=O) groups excluding carboxylic acids is 1. The van der Waals surface area contributed by atoms with E-state index in [0.29, 0.717) is 4.88 Å². The van der Waals surface area contributed by atoms with E-state index in [1.165, 1.54) is 42.9 Å². The Morgan fingerprint density at radius 2 is 1.87 bits per heavy atom. The average molecular weight is 478 g/mol. The first-order valence-corrected chi connectivity index (χ1v) is 11.3. The van der Waals surface area contributed by atoms with Gasteiger partial charge in [-0.1, -0.05) is 11.6 Å². The smallest absolute Gasteiger partial charge is 0.321 e. The number of thiophene rings is 1. The lowest BCUT2D eigenvalue weighted by atomic mass is 10.2. The summed E-state index contributed by atoms with van der Waals surface area (Å²) >= 11 is 7.03. The standard InChI is InChI=1S/C19H13ClFN5O3S2/c1-26-16(19(27)24-12-2-3-14(21)13(20)6-12)7-15(25-31(26,28)29)18-5-4-17(30-18)11-8-22-10-23-9-11/h2-10H,1H3,(H,24,27). The Morgan fingerprint density at radius 1 is 1.16 bits per heavy atom. The normalized spacial score (nSPS) is 15.3. The van der Waals surface area contributed by atoms with Crippen LogP contribution in [0.25, 0.3) is 10.4 Å². The van der Waals surface area contributed by atoms with E-state index in [1.54, 1.807) is 24.5 Å². The Morgan fingerprint density at radius 3 is 2.58 bits per heavy atom. The predicted molar refractivity (Wildman–Crippen MR) is 117 cm³/mol. The van der Waals surface area contributed by atoms with Gasteiger partial charge in [-0.05, 0) is 36.4 Å². The second-order valence-electron chi connectivity index (χ2n) is 6.33. The minimum atomic E-state index is -4.13. The van der Waals surface area contributed by atoms with Crippen LogP contribution in [0, 0.1) is 5.82 Å². The van der Waals surface area contributed by atoms with Gasteiger partial charge in [0.25, 0.3) is 5.91 Å². The molecule has 4 rings (SSSR count). The number of benzene rings is 1. The van der Waals surface area contributed by atoms with Crippen LogP contribution in [0.15, 0.2) is 65.2 Å². The van der Waals surface area contributed by atoms with Gasteiger partial charge in [-0.25, -0.2) is 18.7 Å². The molecule has 0 aliphatic carbocycles. The number of carbonyl (C=O) groups is 1. The van der Waals surface area contributed by atoms with Gasteiger partial charge in [-0.15, -0.1) is 15.7 Å². The number of halogens is 2. The molecule has 1 aromatic carbocycles. The SMILES string of the molecule is CN1C(C(=O)Nc2ccc(F)c(Cl)c2)=CC(c2ccc(-c3cncnc3)s2)=NS1(=O)=O. The molecule has 0 bridgehead atoms. The third-order valence-corrected chi connectivity index (χ3v) is 7.05. The summed E-state index contributed by atoms with van der Waals surface area (Å²) in [4.78, 5) is 22.1. The van der Waals surface area contributed by atoms with Crippen LogP contribution in [0.1, 0.15) is 4.88 Å². The zero-order chi connectivity index (χ0) is 22.2. The molecule has 0 unspecified atom stereocenters. The number of nitrogens with one attached hydrogen (secondary N) is 1. The van der Waals surface area contributed by atoms with Crippen LogP contribution < -0.4 is 5.32 Å². The molecule has 1 amide bonds. The fourth-order valence-electron chi connectivity index (χ4n) is 2.71. The third-order valence-electron chi connectivity index (χ3n) is 4.29. The summed E-state index contributed by atoms with van der Waals surface area (Å²) in [5.74, 6) is -1.35. The van der Waals surface area contributed by atoms with Crippen LogP contribution in [-0.4, -0.2) is 41.4 Å². The average Bonchev–Trinajstić information content (AvgIpc) is 3.23. The molecule has 0 radical (unpaired) electrons. The van der Waals surface area contributed by atoms with E-state index in [2.05, 4.69) is 19.7 Å². The van der Waals surface area contributed by atoms with Crippen molar-refractivity contribution in [2.75, 3.05) is 12.4 Å². The molecule has 2 aromatic heterocycles. The minimum Gasteiger partial charge on any atom is -0.321 e. The molecule has 3 aromatic rings. The summed E-state index contributed by atoms with van der Waals surface area (Å²) in [7, 11) is -2.91. The lowest BCUT2D eigenvalue weighted by molar-refractivity contribution is -0.113. The first-order valence-electron chi connectivity index (χ1n) is 8.67. The molecule has 0 spiro atoms. The number of hydrogen-bond donors (Lipinski definition) is 1. The van der Waals surface area contributed by atoms with E-state index in [9.17, 15) is 17.6 Å². The Bertz CT molecular complexity index is 1340. The van der Waals surface area contributed by atoms with Crippen molar-refractivity contribution in [3.05, 3.63) is 76.5 Å². The van der Waals surface area contributed by atoms with Crippen molar-refractivity contribution in [2.45, 2.75) is 0 Å². The maximum atomic E-state index is 13.4. The van der Waals surface area contributed by atoms with E-state index < -0.39 is 21.9 Å². The third kappa shape index (κ3) is 4.33. The number of nitrogens with zero attached hydrogens (tertiary/aromatic N) is 4. The van der Waals surface area contributed by atoms with Crippen molar-refractivity contribution in [3.8, 4) is 10.4 Å². The maximum absolute atomic E-state index is 13.4. The molecule has 0 atom stereocenters. The van der Waals surface area contributed by atoms with Crippen molar-refractivity contribution < 1.29 is 17.6 Å². The van der Waals surface area contributed by atoms with Crippen LogP contribution in [0.2, 0.25) is 5.02 Å². The van der Waals surface area contributed by atoms with Crippen LogP contribution in [0.3, 0.4) is 0 Å². The van der Waals surface area contributed by atoms with E-state index in [4.69, 9.17) is 11.6 Å². The van der Waals surface area contributed by atoms with Crippen molar-refractivity contribution >= 4 is 50.5 Å². The number of likely N-dealkylation sites (N-methyl/N-ethyl adjacent to an activating group) is 1. The summed E-state index contributed by atoms with van der Waals surface area (Å²) < 4.78 is 43.0. The van der Waals surface area contributed by atoms with Crippen molar-refractivity contribution in [3.63, 3.8) is 0 Å². The van der Waals surface area contributed by atoms with Crippen LogP contribution in [0.4, 0.5) is 10.1 Å². The molecule has 1 aliphatic rings. The van der Waals surface area contributed by atoms with Crippen molar-refractivity contribution in [1.29, 1.82) is 0 Å². The highest BCUT2D eigenvalue weighted by atomic mass is 35.5. The number of anilines is 1. The summed E-state index contributed by atoms with van der Waals surface area (Å²) in [6.07, 6.45) is 6.06. The van der Waals surface area contributed by atoms with Crippen LogP contribution >= 0.6 is 22.9 Å². The minimum absolute atomic E-state index is 0.119. The zero-order valence-electron chi connectivity index (χ0n) is 15.8. The van der Waals surface area contributed by atoms with Gasteiger partial charge in [-0.3, -0.25) is 4.79 Å². The second-order valence-corrected chi connectivity index (χ2v) is 9.44. The molecular weight excluding hydrogens is 465 g/mol. The van der Waals surface area contributed by atoms with Crippen molar-refractivity contribution in [1.82, 2.24) is 14.3 Å². The van der Waals surface area contributed by atoms with Gasteiger partial charge in [0.15, 0.2) is 0 Å². The van der Waals surface area contributed by atoms with Crippen LogP contribution in [-0.2, 0) is 15.0 Å². The maximum Gasteiger partial charge on any atom is 0.345 e. The quantitative estimate of drug-likeness (QED) is 0.619. The summed E-state index contributed by atoms with van der Waals surface area (Å²) in [5, 5.41) is 2.35. The molecule has 3 heterocycles. The predicted octanol–water partition coefficient (Wildman–Crippen LogP) is 3.50. The second kappa shape index (κ2) is 8.17. The molecule has 0 saturated carbocycles. The number of aromatic nitrogens is 2. The van der Waals surface area contributed by atoms with Gasteiger partial charge >= 0.3 is 10.2 Å². The molecule has 1 N–H and O–H groups in total. The number of rotatable bonds is 4. The summed E-state index contributed by atoms with van der Waals surface area (Å²) in [6, 6.07) is 7.15. The molecule has 12 heteroatoms. The van der Waals surface area contributed by atoms with Gasteiger partial charge in [0.1, 0.15) is 17.8 Å². The molecule has 31 heavy (non-hydrogen) atoms. The fourth-order valence-corrected chi connectivity index (χ4v) is 4.79. The Labute approximate surface area is 185 Å². The highest BCUT2D eigenvalue weighted by Gasteiger charge is 2.30. The Hall–Kier alpha value is -3.15. The Kier molecular flexibility index (Phi) is 5.56. The monoisotopic (exact) mass is 477 g/mol. The van der Waals surface area contributed by atoms with Gasteiger partial charge < -0.3 is 5.32 Å². The highest BCUT2D eigenvalue weighted by molar-refractivity contribution is 7.88. The van der Waals surface area contributed by atoms with Gasteiger partial charge in [0, 0.05) is 35.6 Å². The number of hydrogen-bond acceptors (Lipinski definition) is 6. The number of allylic oxidation sites excluding steroid dienone is 1. The first-order chi connectivity index (χ1) is 14.7. The Balaban J connectivity index is 1.67. The first kappa shape index (κ1) is 21.1. The van der Waals surface area contributed by atoms with Gasteiger partial charge in [0.05, 0.1) is 15.6 Å². The largest absolute Gasteiger partial charge is 0.345 e. The lowest BCUT2D eigenvalue weighted by Gasteiger charge is -2.23. The highest BCUT2D eigenvalue weighted by Crippen LogP contribution is 2.30. The molecule has 0 fully saturated rings. The van der Waals surface area contributed by atoms with E-state index in [-0.39, 0.29) is 22.1 Å². The summed E-state index contributed by atoms with van der Waals surface area (Å²) in [5.41, 5.74) is 0.955. The molecule has 1 aliphatic heterocycles. The summed E-state index contributed by atoms with van der Waals surface area (Å²) in [6.45, 7) is 0. The zero-order valence-corrected chi connectivity index (χ0v) is 18.2. The molecule has 158 valence electrons. The van der Waals surface area contributed by atoms with E-state index in [1.807, 2.05) is 0 Å². The van der Waals surface area contributed by atoms with E-state index in [0.717, 1.165) is 20.8 Å². The van der Waals surface area contributed by atoms with Crippen LogP contribution in [0.5, 0.6) is 0 Å². The van der Waals surface area contributed by atoms with Gasteiger partial charge in [-0.2, -0.15) is 8.42 Å². The van der Waals surface area contributed by atoms with E-state index >= 15 is 0 Å². The van der Waals surface area contributed by atoms with Gasteiger partial charge in [0.2, 0.25) is 0 Å². The molecule has 0 saturated heterocycles. The molecular formula is C19H13ClFN5O3S2. The topological polar surface area (TPSA) is 105 Å². The molecule has 8 nitrogen and oxygen atoms in total.